The molecule has 5 heteroatoms. The van der Waals surface area contributed by atoms with Crippen LogP contribution in [-0.4, -0.2) is 38.3 Å². The minimum absolute atomic E-state index is 0.0146. The number of ether oxygens (including phenoxy) is 1. The fourth-order valence-corrected chi connectivity index (χ4v) is 2.90. The number of hydrogen-bond acceptors (Lipinski definition) is 3. The molecular formula is C15H22Cl2N2O. The van der Waals surface area contributed by atoms with Crippen molar-refractivity contribution in [1.82, 2.24) is 4.90 Å². The van der Waals surface area contributed by atoms with Gasteiger partial charge >= 0.3 is 0 Å². The van der Waals surface area contributed by atoms with Crippen LogP contribution in [0.25, 0.3) is 0 Å². The minimum Gasteiger partial charge on any atom is -0.380 e. The molecule has 0 aliphatic heterocycles. The molecule has 1 fully saturated rings. The first-order chi connectivity index (χ1) is 9.63. The summed E-state index contributed by atoms with van der Waals surface area (Å²) in [6.45, 7) is 2.89. The highest BCUT2D eigenvalue weighted by Crippen LogP contribution is 2.32. The predicted octanol–water partition coefficient (Wildman–Crippen LogP) is 3.35. The van der Waals surface area contributed by atoms with Crippen LogP contribution in [0.4, 0.5) is 0 Å². The summed E-state index contributed by atoms with van der Waals surface area (Å²) in [6, 6.07) is 5.56. The van der Waals surface area contributed by atoms with Gasteiger partial charge in [0.25, 0.3) is 0 Å². The van der Waals surface area contributed by atoms with E-state index in [0.29, 0.717) is 23.2 Å². The average Bonchev–Trinajstić information content (AvgIpc) is 3.23. The lowest BCUT2D eigenvalue weighted by atomic mass is 10.1. The lowest BCUT2D eigenvalue weighted by Crippen LogP contribution is -2.33. The van der Waals surface area contributed by atoms with Gasteiger partial charge in [-0.3, -0.25) is 4.90 Å². The van der Waals surface area contributed by atoms with Crippen molar-refractivity contribution >= 4 is 23.2 Å². The van der Waals surface area contributed by atoms with Gasteiger partial charge in [0.05, 0.1) is 6.61 Å². The molecule has 3 nitrogen and oxygen atoms in total. The van der Waals surface area contributed by atoms with Crippen molar-refractivity contribution < 1.29 is 4.74 Å². The zero-order valence-electron chi connectivity index (χ0n) is 11.8. The molecule has 1 aliphatic rings. The number of hydrogen-bond donors (Lipinski definition) is 1. The fraction of sp³-hybridized carbons (Fsp3) is 0.600. The molecule has 1 atom stereocenters. The third-order valence-corrected chi connectivity index (χ3v) is 4.39. The zero-order chi connectivity index (χ0) is 14.5. The van der Waals surface area contributed by atoms with E-state index in [4.69, 9.17) is 33.7 Å². The molecule has 2 rings (SSSR count). The Bertz CT molecular complexity index is 418. The molecule has 2 N–H and O–H groups in total. The third kappa shape index (κ3) is 4.34. The summed E-state index contributed by atoms with van der Waals surface area (Å²) in [5.41, 5.74) is 6.81. The van der Waals surface area contributed by atoms with Gasteiger partial charge in [0.15, 0.2) is 0 Å². The van der Waals surface area contributed by atoms with Crippen LogP contribution >= 0.6 is 23.2 Å². The van der Waals surface area contributed by atoms with Crippen molar-refractivity contribution in [3.05, 3.63) is 33.8 Å². The first kappa shape index (κ1) is 16.1. The second-order valence-corrected chi connectivity index (χ2v) is 6.20. The van der Waals surface area contributed by atoms with Gasteiger partial charge in [-0.25, -0.2) is 0 Å². The number of nitrogens with two attached hydrogens (primary N) is 1. The summed E-state index contributed by atoms with van der Waals surface area (Å²) in [4.78, 5) is 2.15. The number of benzene rings is 1. The standard InChI is InChI=1S/C15H22Cl2N2O/c1-19(7-8-20-10-11-5-6-11)14(9-18)15-12(16)3-2-4-13(15)17/h2-4,11,14H,5-10,18H2,1H3. The minimum atomic E-state index is 0.0146. The van der Waals surface area contributed by atoms with Crippen LogP contribution < -0.4 is 5.73 Å². The van der Waals surface area contributed by atoms with Crippen molar-refractivity contribution in [3.8, 4) is 0 Å². The third-order valence-electron chi connectivity index (χ3n) is 3.73. The normalized spacial score (nSPS) is 16.6. The van der Waals surface area contributed by atoms with Gasteiger partial charge in [-0.05, 0) is 37.9 Å². The summed E-state index contributed by atoms with van der Waals surface area (Å²) < 4.78 is 5.67. The quantitative estimate of drug-likeness (QED) is 0.747. The topological polar surface area (TPSA) is 38.5 Å². The molecule has 0 bridgehead atoms. The number of rotatable bonds is 8. The SMILES string of the molecule is CN(CCOCC1CC1)C(CN)c1c(Cl)cccc1Cl. The number of nitrogens with zero attached hydrogens (tertiary/aromatic N) is 1. The Balaban J connectivity index is 1.91. The second kappa shape index (κ2) is 7.62. The number of halogens is 2. The molecule has 1 aliphatic carbocycles. The fourth-order valence-electron chi connectivity index (χ4n) is 2.25. The Hall–Kier alpha value is -0.320. The van der Waals surface area contributed by atoms with E-state index in [1.54, 1.807) is 0 Å². The van der Waals surface area contributed by atoms with Crippen molar-refractivity contribution in [2.24, 2.45) is 11.7 Å². The van der Waals surface area contributed by atoms with E-state index >= 15 is 0 Å². The lowest BCUT2D eigenvalue weighted by molar-refractivity contribution is 0.0923. The Morgan fingerprint density at radius 2 is 2.00 bits per heavy atom. The molecule has 1 aromatic rings. The molecule has 1 unspecified atom stereocenters. The van der Waals surface area contributed by atoms with Gasteiger partial charge < -0.3 is 10.5 Å². The molecule has 1 aromatic carbocycles. The van der Waals surface area contributed by atoms with Crippen molar-refractivity contribution in [2.75, 3.05) is 33.4 Å². The number of likely N-dealkylation sites (N-methyl/N-ethyl adjacent to an activating group) is 1. The molecule has 0 aromatic heterocycles. The Labute approximate surface area is 131 Å². The summed E-state index contributed by atoms with van der Waals surface area (Å²) in [6.07, 6.45) is 2.63. The van der Waals surface area contributed by atoms with Gasteiger partial charge in [-0.15, -0.1) is 0 Å². The summed E-state index contributed by atoms with van der Waals surface area (Å²) in [5.74, 6) is 0.795. The first-order valence-electron chi connectivity index (χ1n) is 7.05. The van der Waals surface area contributed by atoms with Crippen molar-refractivity contribution in [2.45, 2.75) is 18.9 Å². The Kier molecular flexibility index (Phi) is 6.12. The van der Waals surface area contributed by atoms with Crippen LogP contribution in [0.1, 0.15) is 24.4 Å². The maximum Gasteiger partial charge on any atom is 0.0593 e. The van der Waals surface area contributed by atoms with Crippen LogP contribution in [0.15, 0.2) is 18.2 Å². The molecule has 112 valence electrons. The maximum absolute atomic E-state index is 6.26. The van der Waals surface area contributed by atoms with E-state index in [9.17, 15) is 0 Å². The van der Waals surface area contributed by atoms with Crippen LogP contribution in [0.5, 0.6) is 0 Å². The summed E-state index contributed by atoms with van der Waals surface area (Å²) in [5, 5.41) is 1.33. The van der Waals surface area contributed by atoms with Crippen LogP contribution in [0.2, 0.25) is 10.0 Å². The average molecular weight is 317 g/mol. The molecule has 0 heterocycles. The summed E-state index contributed by atoms with van der Waals surface area (Å²) >= 11 is 12.5. The monoisotopic (exact) mass is 316 g/mol. The van der Waals surface area contributed by atoms with Gasteiger partial charge in [0, 0.05) is 41.3 Å². The molecule has 0 saturated heterocycles. The molecule has 0 spiro atoms. The van der Waals surface area contributed by atoms with Crippen LogP contribution in [0.3, 0.4) is 0 Å². The Morgan fingerprint density at radius 1 is 1.35 bits per heavy atom. The highest BCUT2D eigenvalue weighted by Gasteiger charge is 2.22. The zero-order valence-corrected chi connectivity index (χ0v) is 13.3. The highest BCUT2D eigenvalue weighted by atomic mass is 35.5. The molecule has 0 amide bonds. The predicted molar refractivity (Wildman–Crippen MR) is 84.4 cm³/mol. The molecular weight excluding hydrogens is 295 g/mol. The Morgan fingerprint density at radius 3 is 2.55 bits per heavy atom. The molecule has 1 saturated carbocycles. The van der Waals surface area contributed by atoms with E-state index < -0.39 is 0 Å². The van der Waals surface area contributed by atoms with E-state index in [0.717, 1.165) is 24.6 Å². The highest BCUT2D eigenvalue weighted by molar-refractivity contribution is 6.36. The van der Waals surface area contributed by atoms with Gasteiger partial charge in [-0.1, -0.05) is 29.3 Å². The first-order valence-corrected chi connectivity index (χ1v) is 7.81. The van der Waals surface area contributed by atoms with Gasteiger partial charge in [-0.2, -0.15) is 0 Å². The van der Waals surface area contributed by atoms with E-state index in [1.165, 1.54) is 12.8 Å². The second-order valence-electron chi connectivity index (χ2n) is 5.39. The largest absolute Gasteiger partial charge is 0.380 e. The van der Waals surface area contributed by atoms with E-state index in [1.807, 2.05) is 25.2 Å². The van der Waals surface area contributed by atoms with Crippen LogP contribution in [-0.2, 0) is 4.74 Å². The summed E-state index contributed by atoms with van der Waals surface area (Å²) in [7, 11) is 2.03. The maximum atomic E-state index is 6.26. The van der Waals surface area contributed by atoms with E-state index in [-0.39, 0.29) is 6.04 Å². The smallest absolute Gasteiger partial charge is 0.0593 e. The van der Waals surface area contributed by atoms with Gasteiger partial charge in [0.1, 0.15) is 0 Å². The lowest BCUT2D eigenvalue weighted by Gasteiger charge is -2.28. The molecule has 20 heavy (non-hydrogen) atoms. The van der Waals surface area contributed by atoms with Crippen LogP contribution in [0, 0.1) is 5.92 Å². The van der Waals surface area contributed by atoms with E-state index in [2.05, 4.69) is 4.90 Å². The van der Waals surface area contributed by atoms with Crippen molar-refractivity contribution in [3.63, 3.8) is 0 Å². The molecule has 0 radical (unpaired) electrons. The van der Waals surface area contributed by atoms with Gasteiger partial charge in [0.2, 0.25) is 0 Å². The van der Waals surface area contributed by atoms with Crippen molar-refractivity contribution in [1.29, 1.82) is 0 Å².